The molecular formula is C22H23ClN2O6. The van der Waals surface area contributed by atoms with E-state index in [1.54, 1.807) is 39.2 Å². The maximum absolute atomic E-state index is 13.5. The van der Waals surface area contributed by atoms with E-state index < -0.39 is 46.4 Å². The van der Waals surface area contributed by atoms with Gasteiger partial charge >= 0.3 is 1.43 Å². The Bertz CT molecular complexity index is 1190. The summed E-state index contributed by atoms with van der Waals surface area (Å²) in [7, 11) is 3.16. The van der Waals surface area contributed by atoms with Gasteiger partial charge in [0.2, 0.25) is 11.6 Å². The predicted octanol–water partition coefficient (Wildman–Crippen LogP) is -2.13. The third-order valence-corrected chi connectivity index (χ3v) is 6.39. The van der Waals surface area contributed by atoms with Crippen LogP contribution >= 0.6 is 0 Å². The Morgan fingerprint density at radius 2 is 1.74 bits per heavy atom. The molecule has 0 saturated heterocycles. The first kappa shape index (κ1) is 22.7. The average Bonchev–Trinajstić information content (AvgIpc) is 2.68. The molecule has 164 valence electrons. The molecule has 3 unspecified atom stereocenters. The van der Waals surface area contributed by atoms with Crippen molar-refractivity contribution < 1.29 is 43.5 Å². The lowest BCUT2D eigenvalue weighted by Crippen LogP contribution is -3.00. The van der Waals surface area contributed by atoms with Crippen molar-refractivity contribution in [1.82, 2.24) is 4.90 Å². The fraction of sp³-hybridized carbons (Fsp3) is 0.318. The molecule has 5 N–H and O–H groups in total. The maximum Gasteiger partial charge on any atom is 1.00 e. The number of nitrogens with two attached hydrogens (primary N) is 1. The highest BCUT2D eigenvalue weighted by atomic mass is 35.5. The van der Waals surface area contributed by atoms with E-state index in [1.165, 1.54) is 4.90 Å². The van der Waals surface area contributed by atoms with Crippen molar-refractivity contribution >= 4 is 28.1 Å². The van der Waals surface area contributed by atoms with Gasteiger partial charge in [-0.05, 0) is 44.0 Å². The number of aromatic hydroxyl groups is 1. The number of rotatable bonds is 1. The minimum Gasteiger partial charge on any atom is -1.00 e. The number of phenols is 1. The van der Waals surface area contributed by atoms with E-state index in [0.29, 0.717) is 10.9 Å². The topological polar surface area (TPSA) is 141 Å². The number of benzene rings is 2. The predicted molar refractivity (Wildman–Crippen MR) is 109 cm³/mol. The summed E-state index contributed by atoms with van der Waals surface area (Å²) in [5, 5.41) is 33.2. The second-order valence-corrected chi connectivity index (χ2v) is 8.14. The Morgan fingerprint density at radius 1 is 1.16 bits per heavy atom. The monoisotopic (exact) mass is 446 g/mol. The maximum atomic E-state index is 13.5. The van der Waals surface area contributed by atoms with Gasteiger partial charge < -0.3 is 33.5 Å². The summed E-state index contributed by atoms with van der Waals surface area (Å²) in [6, 6.07) is 5.90. The first-order valence-corrected chi connectivity index (χ1v) is 9.47. The molecular weight excluding hydrogens is 424 g/mol. The van der Waals surface area contributed by atoms with E-state index in [9.17, 15) is 29.7 Å². The smallest absolute Gasteiger partial charge is 1.00 e. The zero-order chi connectivity index (χ0) is 22.1. The normalized spacial score (nSPS) is 27.1. The summed E-state index contributed by atoms with van der Waals surface area (Å²) < 4.78 is 0. The summed E-state index contributed by atoms with van der Waals surface area (Å²) in [5.41, 5.74) is 3.02. The van der Waals surface area contributed by atoms with Crippen LogP contribution in [0.1, 0.15) is 22.9 Å². The lowest BCUT2D eigenvalue weighted by Gasteiger charge is -2.47. The molecule has 3 atom stereocenters. The molecule has 2 aromatic rings. The van der Waals surface area contributed by atoms with Gasteiger partial charge in [-0.25, -0.2) is 0 Å². The number of hydrogen-bond acceptors (Lipinski definition) is 8. The molecule has 0 radical (unpaired) electrons. The van der Waals surface area contributed by atoms with Crippen LogP contribution in [0.4, 0.5) is 0 Å². The van der Waals surface area contributed by atoms with Crippen molar-refractivity contribution in [3.63, 3.8) is 0 Å². The number of ketones is 3. The third-order valence-electron chi connectivity index (χ3n) is 6.39. The molecule has 1 fully saturated rings. The van der Waals surface area contributed by atoms with Crippen LogP contribution < -0.4 is 18.1 Å². The number of likely N-dealkylation sites (N-methyl/N-ethyl adjacent to an activating group) is 1. The second kappa shape index (κ2) is 7.33. The van der Waals surface area contributed by atoms with E-state index in [-0.39, 0.29) is 31.6 Å². The molecule has 9 heteroatoms. The Kier molecular flexibility index (Phi) is 5.38. The number of aryl methyl sites for hydroxylation is 1. The second-order valence-electron chi connectivity index (χ2n) is 8.14. The molecule has 8 nitrogen and oxygen atoms in total. The molecule has 0 amide bonds. The van der Waals surface area contributed by atoms with Crippen LogP contribution in [0.25, 0.3) is 10.8 Å². The van der Waals surface area contributed by atoms with Gasteiger partial charge in [0.1, 0.15) is 11.3 Å². The number of aliphatic hydroxyl groups is 2. The van der Waals surface area contributed by atoms with Crippen LogP contribution in [-0.4, -0.2) is 63.3 Å². The number of phenolic OH excluding ortho intramolecular Hbond substituents is 1. The zero-order valence-electron chi connectivity index (χ0n) is 18.1. The van der Waals surface area contributed by atoms with E-state index in [1.807, 2.05) is 6.07 Å². The molecule has 0 bridgehead atoms. The Hall–Kier alpha value is -2.94. The number of nitrogens with zero attached hydrogens (tertiary/aromatic N) is 1. The highest BCUT2D eigenvalue weighted by Gasteiger charge is 2.64. The van der Waals surface area contributed by atoms with E-state index in [2.05, 4.69) is 0 Å². The number of carbonyl (C=O) groups is 3. The Morgan fingerprint density at radius 3 is 2.29 bits per heavy atom. The van der Waals surface area contributed by atoms with E-state index >= 15 is 0 Å². The van der Waals surface area contributed by atoms with Gasteiger partial charge in [0.05, 0.1) is 11.6 Å². The number of aliphatic hydroxyl groups excluding tert-OH is 1. The van der Waals surface area contributed by atoms with Gasteiger partial charge in [-0.2, -0.15) is 0 Å². The average molecular weight is 447 g/mol. The molecule has 2 aromatic carbocycles. The molecule has 0 aliphatic heterocycles. The molecule has 0 heterocycles. The van der Waals surface area contributed by atoms with Crippen LogP contribution in [0.5, 0.6) is 5.75 Å². The molecule has 0 spiro atoms. The van der Waals surface area contributed by atoms with Crippen molar-refractivity contribution in [1.29, 1.82) is 0 Å². The summed E-state index contributed by atoms with van der Waals surface area (Å²) in [4.78, 5) is 41.1. The number of carbonyl (C=O) groups excluding carboxylic acids is 3. The van der Waals surface area contributed by atoms with Gasteiger partial charge in [0.25, 0.3) is 0 Å². The lowest BCUT2D eigenvalue weighted by molar-refractivity contribution is -0.147. The number of hydrogen-bond donors (Lipinski definition) is 4. The molecule has 4 rings (SSSR count). The number of Topliss-reactive ketones (excluding diaryl/α,β-unsaturated/α-hetero) is 3. The van der Waals surface area contributed by atoms with Crippen LogP contribution in [0.3, 0.4) is 0 Å². The Balaban J connectivity index is 0.00000181. The largest absolute Gasteiger partial charge is 1.00 e. The SMILES string of the molecule is Cc1c2c(c(O)c3ccccc13)C(=O)C1(O)C(=O)/C(=C(/N)O)C(=O)C(N(C)C)C1C2.[Cl-].[H+]. The van der Waals surface area contributed by atoms with Crippen LogP contribution in [0.2, 0.25) is 0 Å². The fourth-order valence-electron chi connectivity index (χ4n) is 4.95. The van der Waals surface area contributed by atoms with E-state index in [0.717, 1.165) is 10.9 Å². The lowest BCUT2D eigenvalue weighted by atomic mass is 9.59. The summed E-state index contributed by atoms with van der Waals surface area (Å²) in [5.74, 6) is -5.45. The van der Waals surface area contributed by atoms with Crippen molar-refractivity contribution in [3.8, 4) is 5.75 Å². The fourth-order valence-corrected chi connectivity index (χ4v) is 4.95. The van der Waals surface area contributed by atoms with Gasteiger partial charge in [0, 0.05) is 11.3 Å². The quantitative estimate of drug-likeness (QED) is 0.168. The first-order valence-electron chi connectivity index (χ1n) is 9.47. The highest BCUT2D eigenvalue weighted by molar-refractivity contribution is 6.36. The summed E-state index contributed by atoms with van der Waals surface area (Å²) in [6.45, 7) is 1.80. The molecule has 1 saturated carbocycles. The Labute approximate surface area is 185 Å². The molecule has 2 aliphatic rings. The standard InChI is InChI=1S/C22H22N2O6.ClH/c1-9-10-6-4-5-7-11(10)17(25)14-12(9)8-13-16(24(2)3)18(26)15(21(23)29)20(28)22(13,30)19(14)27;/h4-7,13,16,25,29-30H,8,23H2,1-3H3;1H/b21-15-;. The number of fused-ring (bicyclic) bond motifs is 3. The van der Waals surface area contributed by atoms with Crippen LogP contribution in [0.15, 0.2) is 35.7 Å². The van der Waals surface area contributed by atoms with Crippen molar-refractivity contribution in [3.05, 3.63) is 52.4 Å². The third kappa shape index (κ3) is 2.79. The highest BCUT2D eigenvalue weighted by Crippen LogP contribution is 2.48. The summed E-state index contributed by atoms with van der Waals surface area (Å²) in [6.07, 6.45) is 0.0146. The van der Waals surface area contributed by atoms with Crippen LogP contribution in [-0.2, 0) is 16.0 Å². The first-order chi connectivity index (χ1) is 14.0. The number of halogens is 1. The summed E-state index contributed by atoms with van der Waals surface area (Å²) >= 11 is 0. The van der Waals surface area contributed by atoms with Crippen molar-refractivity contribution in [2.75, 3.05) is 14.1 Å². The van der Waals surface area contributed by atoms with E-state index in [4.69, 9.17) is 5.73 Å². The van der Waals surface area contributed by atoms with Crippen molar-refractivity contribution in [2.24, 2.45) is 11.7 Å². The zero-order valence-corrected chi connectivity index (χ0v) is 17.9. The molecule has 31 heavy (non-hydrogen) atoms. The van der Waals surface area contributed by atoms with Gasteiger partial charge in [-0.15, -0.1) is 0 Å². The van der Waals surface area contributed by atoms with Crippen molar-refractivity contribution in [2.45, 2.75) is 25.0 Å². The van der Waals surface area contributed by atoms with Gasteiger partial charge in [-0.1, -0.05) is 24.3 Å². The van der Waals surface area contributed by atoms with Gasteiger partial charge in [0.15, 0.2) is 17.3 Å². The van der Waals surface area contributed by atoms with Crippen LogP contribution in [0, 0.1) is 12.8 Å². The molecule has 2 aliphatic carbocycles. The minimum atomic E-state index is -2.63. The van der Waals surface area contributed by atoms with Gasteiger partial charge in [-0.3, -0.25) is 19.3 Å². The minimum absolute atomic E-state index is 0. The molecule has 0 aromatic heterocycles.